The van der Waals surface area contributed by atoms with E-state index in [0.717, 1.165) is 0 Å². The minimum absolute atomic E-state index is 0.288. The SMILES string of the molecule is C[SiH2]O[SiH](C)ON. The van der Waals surface area contributed by atoms with E-state index in [1.807, 2.05) is 6.55 Å². The summed E-state index contributed by atoms with van der Waals surface area (Å²) in [5.74, 6) is 4.82. The lowest BCUT2D eigenvalue weighted by atomic mass is 11.9. The Kier molecular flexibility index (Phi) is 4.67. The van der Waals surface area contributed by atoms with Crippen LogP contribution in [-0.2, 0) is 8.64 Å². The van der Waals surface area contributed by atoms with Gasteiger partial charge in [-0.1, -0.05) is 6.55 Å². The molecule has 0 bridgehead atoms. The van der Waals surface area contributed by atoms with Crippen LogP contribution in [0.25, 0.3) is 0 Å². The molecular formula is C2H11NO2Si2. The van der Waals surface area contributed by atoms with Gasteiger partial charge in [0.25, 0.3) is 0 Å². The van der Waals surface area contributed by atoms with Gasteiger partial charge in [-0.05, 0) is 6.55 Å². The lowest BCUT2D eigenvalue weighted by molar-refractivity contribution is 0.285. The fraction of sp³-hybridized carbons (Fsp3) is 1.00. The Bertz CT molecular complexity index is 44.7. The van der Waals surface area contributed by atoms with E-state index in [1.165, 1.54) is 0 Å². The monoisotopic (exact) mass is 137 g/mol. The highest BCUT2D eigenvalue weighted by Crippen LogP contribution is 1.78. The molecule has 0 aliphatic heterocycles. The van der Waals surface area contributed by atoms with Crippen LogP contribution in [0, 0.1) is 0 Å². The second-order valence-electron chi connectivity index (χ2n) is 1.16. The molecule has 0 aromatic heterocycles. The first-order valence-electron chi connectivity index (χ1n) is 2.28. The van der Waals surface area contributed by atoms with Crippen molar-refractivity contribution in [2.45, 2.75) is 13.1 Å². The summed E-state index contributed by atoms with van der Waals surface area (Å²) in [6.45, 7) is 3.97. The normalized spacial score (nSPS) is 15.9. The molecule has 1 atom stereocenters. The van der Waals surface area contributed by atoms with Gasteiger partial charge in [0.1, 0.15) is 9.76 Å². The van der Waals surface area contributed by atoms with Gasteiger partial charge in [-0.25, -0.2) is 5.90 Å². The summed E-state index contributed by atoms with van der Waals surface area (Å²) in [7, 11) is -1.63. The van der Waals surface area contributed by atoms with Gasteiger partial charge in [0.2, 0.25) is 0 Å². The van der Waals surface area contributed by atoms with E-state index in [1.54, 1.807) is 0 Å². The summed E-state index contributed by atoms with van der Waals surface area (Å²) < 4.78 is 9.56. The second kappa shape index (κ2) is 4.47. The molecule has 0 aliphatic carbocycles. The molecule has 2 N–H and O–H groups in total. The molecule has 0 rings (SSSR count). The summed E-state index contributed by atoms with van der Waals surface area (Å²) in [5.41, 5.74) is 0. The summed E-state index contributed by atoms with van der Waals surface area (Å²) in [6, 6.07) is 0. The molecule has 0 aromatic carbocycles. The number of hydrogen-bond donors (Lipinski definition) is 1. The molecule has 0 heterocycles. The maximum atomic E-state index is 5.12. The molecular weight excluding hydrogens is 126 g/mol. The van der Waals surface area contributed by atoms with Crippen molar-refractivity contribution in [2.75, 3.05) is 0 Å². The zero-order valence-electron chi connectivity index (χ0n) is 4.68. The van der Waals surface area contributed by atoms with E-state index in [0.29, 0.717) is 0 Å². The maximum absolute atomic E-state index is 5.12. The fourth-order valence-electron chi connectivity index (χ4n) is 0.274. The molecule has 5 heteroatoms. The summed E-state index contributed by atoms with van der Waals surface area (Å²) in [6.07, 6.45) is 0. The molecule has 0 saturated carbocycles. The Labute approximate surface area is 47.5 Å². The largest absolute Gasteiger partial charge is 0.443 e. The molecule has 0 saturated heterocycles. The smallest absolute Gasteiger partial charge is 0.328 e. The van der Waals surface area contributed by atoms with Crippen molar-refractivity contribution in [2.24, 2.45) is 5.90 Å². The highest BCUT2D eigenvalue weighted by molar-refractivity contribution is 6.51. The summed E-state index contributed by atoms with van der Waals surface area (Å²) >= 11 is 0. The molecule has 3 nitrogen and oxygen atoms in total. The van der Waals surface area contributed by atoms with Gasteiger partial charge in [-0.3, -0.25) is 0 Å². The van der Waals surface area contributed by atoms with Gasteiger partial charge in [0.05, 0.1) is 0 Å². The Balaban J connectivity index is 2.83. The minimum atomic E-state index is -1.34. The van der Waals surface area contributed by atoms with Crippen molar-refractivity contribution < 1.29 is 8.64 Å². The lowest BCUT2D eigenvalue weighted by Crippen LogP contribution is -2.23. The molecule has 0 aromatic rings. The third kappa shape index (κ3) is 4.16. The molecule has 44 valence electrons. The third-order valence-corrected chi connectivity index (χ3v) is 4.19. The van der Waals surface area contributed by atoms with E-state index >= 15 is 0 Å². The van der Waals surface area contributed by atoms with E-state index in [4.69, 9.17) is 10.0 Å². The van der Waals surface area contributed by atoms with Crippen LogP contribution in [0.2, 0.25) is 13.1 Å². The quantitative estimate of drug-likeness (QED) is 0.396. The second-order valence-corrected chi connectivity index (χ2v) is 4.48. The predicted octanol–water partition coefficient (Wildman–Crippen LogP) is -1.12. The van der Waals surface area contributed by atoms with Crippen LogP contribution in [0.3, 0.4) is 0 Å². The molecule has 0 fully saturated rings. The van der Waals surface area contributed by atoms with Crippen molar-refractivity contribution in [3.63, 3.8) is 0 Å². The standard InChI is InChI=1S/C2H11NO2Si2/c1-6-5-7(2)4-3/h7H,3,6H2,1-2H3. The van der Waals surface area contributed by atoms with E-state index in [9.17, 15) is 0 Å². The van der Waals surface area contributed by atoms with Crippen molar-refractivity contribution >= 4 is 19.0 Å². The molecule has 0 radical (unpaired) electrons. The van der Waals surface area contributed by atoms with Crippen molar-refractivity contribution in [3.05, 3.63) is 0 Å². The van der Waals surface area contributed by atoms with Gasteiger partial charge in [0.15, 0.2) is 0 Å². The van der Waals surface area contributed by atoms with Gasteiger partial charge >= 0.3 is 9.28 Å². The van der Waals surface area contributed by atoms with Gasteiger partial charge in [-0.2, -0.15) is 0 Å². The number of nitrogens with two attached hydrogens (primary N) is 1. The predicted molar refractivity (Wildman–Crippen MR) is 33.8 cm³/mol. The molecule has 1 unspecified atom stereocenters. The molecule has 0 spiro atoms. The average molecular weight is 137 g/mol. The Morgan fingerprint density at radius 1 is 1.71 bits per heavy atom. The van der Waals surface area contributed by atoms with Crippen LogP contribution < -0.4 is 5.90 Å². The van der Waals surface area contributed by atoms with E-state index < -0.39 is 9.28 Å². The maximum Gasteiger partial charge on any atom is 0.328 e. The van der Waals surface area contributed by atoms with Crippen LogP contribution in [-0.4, -0.2) is 19.0 Å². The lowest BCUT2D eigenvalue weighted by Gasteiger charge is -2.03. The molecule has 0 aliphatic rings. The summed E-state index contributed by atoms with van der Waals surface area (Å²) in [4.78, 5) is 0. The van der Waals surface area contributed by atoms with Crippen LogP contribution >= 0.6 is 0 Å². The van der Waals surface area contributed by atoms with Crippen molar-refractivity contribution in [3.8, 4) is 0 Å². The topological polar surface area (TPSA) is 44.5 Å². The van der Waals surface area contributed by atoms with Gasteiger partial charge < -0.3 is 8.64 Å². The Morgan fingerprint density at radius 2 is 2.29 bits per heavy atom. The fourth-order valence-corrected chi connectivity index (χ4v) is 2.47. The first-order valence-corrected chi connectivity index (χ1v) is 6.37. The first-order chi connectivity index (χ1) is 3.31. The van der Waals surface area contributed by atoms with E-state index in [-0.39, 0.29) is 9.76 Å². The molecule has 7 heavy (non-hydrogen) atoms. The highest BCUT2D eigenvalue weighted by Gasteiger charge is 1.98. The van der Waals surface area contributed by atoms with Gasteiger partial charge in [0, 0.05) is 0 Å². The van der Waals surface area contributed by atoms with Crippen LogP contribution in [0.1, 0.15) is 0 Å². The summed E-state index contributed by atoms with van der Waals surface area (Å²) in [5, 5.41) is 0. The van der Waals surface area contributed by atoms with E-state index in [2.05, 4.69) is 11.1 Å². The van der Waals surface area contributed by atoms with Crippen LogP contribution in [0.5, 0.6) is 0 Å². The van der Waals surface area contributed by atoms with Crippen LogP contribution in [0.15, 0.2) is 0 Å². The number of hydrogen-bond acceptors (Lipinski definition) is 3. The minimum Gasteiger partial charge on any atom is -0.443 e. The average Bonchev–Trinajstić information content (AvgIpc) is 1.68. The highest BCUT2D eigenvalue weighted by atomic mass is 28.4. The van der Waals surface area contributed by atoms with Gasteiger partial charge in [-0.15, -0.1) is 0 Å². The zero-order valence-corrected chi connectivity index (χ0v) is 7.25. The Morgan fingerprint density at radius 3 is 2.43 bits per heavy atom. The Hall–Kier alpha value is 0.314. The molecule has 0 amide bonds. The van der Waals surface area contributed by atoms with Crippen LogP contribution in [0.4, 0.5) is 0 Å². The zero-order chi connectivity index (χ0) is 5.70. The third-order valence-electron chi connectivity index (χ3n) is 0.593. The number of rotatable bonds is 3. The van der Waals surface area contributed by atoms with Crippen molar-refractivity contribution in [1.29, 1.82) is 0 Å². The first kappa shape index (κ1) is 7.31. The van der Waals surface area contributed by atoms with Crippen molar-refractivity contribution in [1.82, 2.24) is 0 Å².